The second-order valence-electron chi connectivity index (χ2n) is 12.6. The number of nitrogens with one attached hydrogen (secondary N) is 2. The van der Waals surface area contributed by atoms with Crippen LogP contribution in [-0.2, 0) is 21.4 Å². The fourth-order valence-electron chi connectivity index (χ4n) is 6.80. The van der Waals surface area contributed by atoms with Gasteiger partial charge in [-0.2, -0.15) is 0 Å². The maximum atomic E-state index is 13.8. The summed E-state index contributed by atoms with van der Waals surface area (Å²) in [5, 5.41) is 16.1. The number of carboxylic acids is 1. The number of hydrogen-bond acceptors (Lipinski definition) is 8. The lowest BCUT2D eigenvalue weighted by Crippen LogP contribution is -2.61. The van der Waals surface area contributed by atoms with Crippen molar-refractivity contribution in [2.24, 2.45) is 7.05 Å². The highest BCUT2D eigenvalue weighted by Gasteiger charge is 2.45. The van der Waals surface area contributed by atoms with E-state index in [1.54, 1.807) is 44.8 Å². The Kier molecular flexibility index (Phi) is 9.95. The molecule has 2 aliphatic carbocycles. The molecule has 2 amide bonds. The van der Waals surface area contributed by atoms with Crippen molar-refractivity contribution < 1.29 is 33.7 Å². The quantitative estimate of drug-likeness (QED) is 0.120. The van der Waals surface area contributed by atoms with E-state index < -0.39 is 11.5 Å². The summed E-state index contributed by atoms with van der Waals surface area (Å²) in [6.45, 7) is 0.574. The summed E-state index contributed by atoms with van der Waals surface area (Å²) in [6, 6.07) is 10.7. The lowest BCUT2D eigenvalue weighted by molar-refractivity contribution is -0.131. The van der Waals surface area contributed by atoms with Gasteiger partial charge in [0.1, 0.15) is 17.9 Å². The van der Waals surface area contributed by atoms with Gasteiger partial charge in [-0.25, -0.2) is 14.8 Å². The van der Waals surface area contributed by atoms with E-state index in [4.69, 9.17) is 19.3 Å². The van der Waals surface area contributed by atoms with E-state index in [1.807, 2.05) is 25.2 Å². The standard InChI is InChI=1S/C37H41N5O7/c1-42-29-19-25(10-13-28(29)32(24-7-4-5-8-24)33(42)34-38-21-27(48-3)22-39-34)35(45)41-37(15-6-16-37)36(46)40-26-12-9-23(11-14-31(43)44)30(20-26)49-18-17-47-2/h9-14,19-22,24H,4-8,15-18H2,1-3H3,(H,40,46)(H,41,45)(H,43,44). The molecule has 12 heteroatoms. The maximum absolute atomic E-state index is 13.8. The summed E-state index contributed by atoms with van der Waals surface area (Å²) in [5.74, 6) is 0.210. The lowest BCUT2D eigenvalue weighted by Gasteiger charge is -2.40. The summed E-state index contributed by atoms with van der Waals surface area (Å²) in [4.78, 5) is 47.8. The zero-order chi connectivity index (χ0) is 34.5. The molecule has 2 aromatic heterocycles. The van der Waals surface area contributed by atoms with Crippen molar-refractivity contribution in [2.45, 2.75) is 56.4 Å². The third-order valence-corrected chi connectivity index (χ3v) is 9.56. The SMILES string of the molecule is COCCOc1cc(NC(=O)C2(NC(=O)c3ccc4c(C5CCCC5)c(-c5ncc(OC)cn5)n(C)c4c3)CCC2)ccc1C=CC(=O)O. The number of carbonyl (C=O) groups is 3. The Morgan fingerprint density at radius 2 is 1.78 bits per heavy atom. The molecular formula is C37H41N5O7. The first-order valence-corrected chi connectivity index (χ1v) is 16.5. The van der Waals surface area contributed by atoms with Crippen LogP contribution >= 0.6 is 0 Å². The number of anilines is 1. The molecule has 0 bridgehead atoms. The number of aliphatic carboxylic acids is 1. The minimum atomic E-state index is -1.09. The Morgan fingerprint density at radius 3 is 2.43 bits per heavy atom. The van der Waals surface area contributed by atoms with Crippen LogP contribution in [0.5, 0.6) is 11.5 Å². The van der Waals surface area contributed by atoms with E-state index in [0.717, 1.165) is 41.9 Å². The summed E-state index contributed by atoms with van der Waals surface area (Å²) in [6.07, 6.45) is 12.1. The lowest BCUT2D eigenvalue weighted by atomic mass is 9.75. The molecule has 0 radical (unpaired) electrons. The van der Waals surface area contributed by atoms with Crippen LogP contribution in [0.3, 0.4) is 0 Å². The minimum Gasteiger partial charge on any atom is -0.494 e. The second-order valence-corrected chi connectivity index (χ2v) is 12.6. The van der Waals surface area contributed by atoms with Crippen LogP contribution < -0.4 is 20.1 Å². The molecular weight excluding hydrogens is 626 g/mol. The molecule has 2 heterocycles. The third kappa shape index (κ3) is 7.00. The number of rotatable bonds is 13. The van der Waals surface area contributed by atoms with Crippen molar-refractivity contribution in [2.75, 3.05) is 32.8 Å². The summed E-state index contributed by atoms with van der Waals surface area (Å²) >= 11 is 0. The van der Waals surface area contributed by atoms with Gasteiger partial charge in [-0.15, -0.1) is 0 Å². The van der Waals surface area contributed by atoms with E-state index in [1.165, 1.54) is 24.5 Å². The van der Waals surface area contributed by atoms with Crippen LogP contribution in [0.2, 0.25) is 0 Å². The molecule has 4 aromatic rings. The Balaban J connectivity index is 1.25. The number of methoxy groups -OCH3 is 2. The predicted molar refractivity (Wildman–Crippen MR) is 185 cm³/mol. The average molecular weight is 668 g/mol. The highest BCUT2D eigenvalue weighted by Crippen LogP contribution is 2.44. The van der Waals surface area contributed by atoms with Gasteiger partial charge < -0.3 is 34.5 Å². The fourth-order valence-corrected chi connectivity index (χ4v) is 6.80. The monoisotopic (exact) mass is 667 g/mol. The van der Waals surface area contributed by atoms with Gasteiger partial charge in [0.25, 0.3) is 5.91 Å². The molecule has 12 nitrogen and oxygen atoms in total. The zero-order valence-electron chi connectivity index (χ0n) is 28.0. The Morgan fingerprint density at radius 1 is 1.02 bits per heavy atom. The molecule has 0 aliphatic heterocycles. The largest absolute Gasteiger partial charge is 0.494 e. The number of amides is 2. The minimum absolute atomic E-state index is 0.240. The van der Waals surface area contributed by atoms with E-state index in [-0.39, 0.29) is 18.4 Å². The Bertz CT molecular complexity index is 1890. The van der Waals surface area contributed by atoms with Gasteiger partial charge in [0.15, 0.2) is 11.6 Å². The van der Waals surface area contributed by atoms with E-state index in [0.29, 0.717) is 59.5 Å². The van der Waals surface area contributed by atoms with E-state index in [9.17, 15) is 14.4 Å². The number of carboxylic acid groups (broad SMARTS) is 1. The van der Waals surface area contributed by atoms with Crippen LogP contribution in [0.15, 0.2) is 54.9 Å². The number of hydrogen-bond donors (Lipinski definition) is 3. The van der Waals surface area contributed by atoms with Gasteiger partial charge in [-0.3, -0.25) is 9.59 Å². The molecule has 0 atom stereocenters. The number of aryl methyl sites for hydroxylation is 1. The molecule has 2 fully saturated rings. The van der Waals surface area contributed by atoms with E-state index >= 15 is 0 Å². The highest BCUT2D eigenvalue weighted by atomic mass is 16.5. The van der Waals surface area contributed by atoms with Gasteiger partial charge in [0.2, 0.25) is 5.91 Å². The van der Waals surface area contributed by atoms with Crippen molar-refractivity contribution in [1.82, 2.24) is 19.9 Å². The van der Waals surface area contributed by atoms with Crippen molar-refractivity contribution in [1.29, 1.82) is 0 Å². The number of fused-ring (bicyclic) bond motifs is 1. The van der Waals surface area contributed by atoms with Gasteiger partial charge >= 0.3 is 5.97 Å². The zero-order valence-corrected chi connectivity index (χ0v) is 28.0. The van der Waals surface area contributed by atoms with Crippen LogP contribution in [-0.4, -0.2) is 70.4 Å². The van der Waals surface area contributed by atoms with Crippen LogP contribution in [0.4, 0.5) is 5.69 Å². The Hall–Kier alpha value is -5.23. The smallest absolute Gasteiger partial charge is 0.328 e. The van der Waals surface area contributed by atoms with Crippen molar-refractivity contribution in [3.63, 3.8) is 0 Å². The fraction of sp³-hybridized carbons (Fsp3) is 0.378. The first-order valence-electron chi connectivity index (χ1n) is 16.5. The molecule has 0 saturated heterocycles. The second kappa shape index (κ2) is 14.5. The molecule has 49 heavy (non-hydrogen) atoms. The Labute approximate surface area is 284 Å². The van der Waals surface area contributed by atoms with Gasteiger partial charge in [0, 0.05) is 54.0 Å². The summed E-state index contributed by atoms with van der Waals surface area (Å²) in [5.41, 5.74) is 3.42. The molecule has 256 valence electrons. The number of nitrogens with zero attached hydrogens (tertiary/aromatic N) is 3. The van der Waals surface area contributed by atoms with Gasteiger partial charge in [-0.1, -0.05) is 18.9 Å². The number of ether oxygens (including phenoxy) is 3. The van der Waals surface area contributed by atoms with Crippen LogP contribution in [0, 0.1) is 0 Å². The molecule has 3 N–H and O–H groups in total. The van der Waals surface area contributed by atoms with Crippen molar-refractivity contribution >= 4 is 40.4 Å². The molecule has 0 unspecified atom stereocenters. The molecule has 6 rings (SSSR count). The maximum Gasteiger partial charge on any atom is 0.328 e. The van der Waals surface area contributed by atoms with Crippen molar-refractivity contribution in [3.05, 3.63) is 71.6 Å². The molecule has 2 aliphatic rings. The van der Waals surface area contributed by atoms with Crippen molar-refractivity contribution in [3.8, 4) is 23.0 Å². The van der Waals surface area contributed by atoms with Gasteiger partial charge in [-0.05, 0) is 73.9 Å². The van der Waals surface area contributed by atoms with Crippen LogP contribution in [0.25, 0.3) is 28.5 Å². The van der Waals surface area contributed by atoms with Gasteiger partial charge in [0.05, 0.1) is 31.8 Å². The highest BCUT2D eigenvalue weighted by molar-refractivity contribution is 6.06. The normalized spacial score (nSPS) is 15.7. The van der Waals surface area contributed by atoms with Crippen LogP contribution in [0.1, 0.15) is 72.3 Å². The van der Waals surface area contributed by atoms with E-state index in [2.05, 4.69) is 25.2 Å². The average Bonchev–Trinajstić information content (AvgIpc) is 3.72. The molecule has 2 saturated carbocycles. The summed E-state index contributed by atoms with van der Waals surface area (Å²) in [7, 11) is 5.11. The number of carbonyl (C=O) groups excluding carboxylic acids is 2. The third-order valence-electron chi connectivity index (χ3n) is 9.56. The molecule has 2 aromatic carbocycles. The topological polar surface area (TPSA) is 154 Å². The number of aromatic nitrogens is 3. The number of benzene rings is 2. The predicted octanol–water partition coefficient (Wildman–Crippen LogP) is 5.72. The summed E-state index contributed by atoms with van der Waals surface area (Å²) < 4.78 is 18.2. The molecule has 0 spiro atoms. The first-order chi connectivity index (χ1) is 23.7. The first kappa shape index (κ1) is 33.7.